The Morgan fingerprint density at radius 3 is 2.33 bits per heavy atom. The van der Waals surface area contributed by atoms with Crippen LogP contribution >= 0.6 is 12.4 Å². The third-order valence-corrected chi connectivity index (χ3v) is 2.64. The van der Waals surface area contributed by atoms with Crippen LogP contribution < -0.4 is 5.32 Å². The zero-order valence-electron chi connectivity index (χ0n) is 6.40. The van der Waals surface area contributed by atoms with Crippen molar-refractivity contribution in [2.75, 3.05) is 6.54 Å². The van der Waals surface area contributed by atoms with E-state index in [4.69, 9.17) is 0 Å². The highest BCUT2D eigenvalue weighted by molar-refractivity contribution is 5.85. The first kappa shape index (κ1) is 10.1. The number of rotatable bonds is 0. The summed E-state index contributed by atoms with van der Waals surface area (Å²) in [5, 5.41) is 2.89. The molecule has 72 valence electrons. The van der Waals surface area contributed by atoms with Crippen LogP contribution in [0.15, 0.2) is 0 Å². The van der Waals surface area contributed by atoms with Crippen molar-refractivity contribution in [3.05, 3.63) is 0 Å². The van der Waals surface area contributed by atoms with Gasteiger partial charge in [0.25, 0.3) is 0 Å². The Morgan fingerprint density at radius 2 is 1.92 bits per heavy atom. The van der Waals surface area contributed by atoms with E-state index in [9.17, 15) is 13.2 Å². The molecule has 0 unspecified atom stereocenters. The molecule has 0 aromatic carbocycles. The molecule has 1 N–H and O–H groups in total. The van der Waals surface area contributed by atoms with E-state index in [1.165, 1.54) is 0 Å². The largest absolute Gasteiger partial charge is 0.393 e. The van der Waals surface area contributed by atoms with E-state index >= 15 is 0 Å². The van der Waals surface area contributed by atoms with Gasteiger partial charge in [0.05, 0.1) is 5.92 Å². The number of nitrogens with one attached hydrogen (secondary N) is 1. The maximum atomic E-state index is 12.1. The summed E-state index contributed by atoms with van der Waals surface area (Å²) >= 11 is 0. The fourth-order valence-electron chi connectivity index (χ4n) is 2.06. The lowest BCUT2D eigenvalue weighted by molar-refractivity contribution is -0.152. The molecule has 0 radical (unpaired) electrons. The van der Waals surface area contributed by atoms with Crippen molar-refractivity contribution in [2.24, 2.45) is 11.8 Å². The van der Waals surface area contributed by atoms with Gasteiger partial charge in [-0.05, 0) is 25.3 Å². The summed E-state index contributed by atoms with van der Waals surface area (Å²) < 4.78 is 36.3. The second-order valence-corrected chi connectivity index (χ2v) is 3.35. The lowest BCUT2D eigenvalue weighted by Gasteiger charge is -2.07. The summed E-state index contributed by atoms with van der Waals surface area (Å²) in [6.07, 6.45) is -2.32. The van der Waals surface area contributed by atoms with E-state index < -0.39 is 12.1 Å². The topological polar surface area (TPSA) is 12.0 Å². The third-order valence-electron chi connectivity index (χ3n) is 2.64. The van der Waals surface area contributed by atoms with E-state index in [0.29, 0.717) is 0 Å². The molecule has 1 aliphatic carbocycles. The van der Waals surface area contributed by atoms with Crippen LogP contribution in [0.4, 0.5) is 13.2 Å². The summed E-state index contributed by atoms with van der Waals surface area (Å²) in [4.78, 5) is 0. The minimum atomic E-state index is -3.97. The molecule has 0 amide bonds. The van der Waals surface area contributed by atoms with Gasteiger partial charge in [0.2, 0.25) is 0 Å². The van der Waals surface area contributed by atoms with E-state index in [-0.39, 0.29) is 24.4 Å². The van der Waals surface area contributed by atoms with Crippen LogP contribution in [-0.2, 0) is 0 Å². The summed E-state index contributed by atoms with van der Waals surface area (Å²) in [5.41, 5.74) is 0. The lowest BCUT2D eigenvalue weighted by Crippen LogP contribution is -2.26. The lowest BCUT2D eigenvalue weighted by atomic mass is 10.1. The summed E-state index contributed by atoms with van der Waals surface area (Å²) in [7, 11) is 0. The Morgan fingerprint density at radius 1 is 1.25 bits per heavy atom. The summed E-state index contributed by atoms with van der Waals surface area (Å²) in [5.74, 6) is -1.14. The van der Waals surface area contributed by atoms with Gasteiger partial charge in [-0.1, -0.05) is 0 Å². The Balaban J connectivity index is 0.000000720. The maximum Gasteiger partial charge on any atom is 0.393 e. The van der Waals surface area contributed by atoms with Gasteiger partial charge >= 0.3 is 6.18 Å². The zero-order valence-corrected chi connectivity index (χ0v) is 7.21. The van der Waals surface area contributed by atoms with E-state index in [1.807, 2.05) is 0 Å². The number of piperidine rings is 1. The molecule has 1 heterocycles. The second kappa shape index (κ2) is 3.07. The Labute approximate surface area is 75.1 Å². The van der Waals surface area contributed by atoms with Crippen molar-refractivity contribution in [2.45, 2.75) is 25.1 Å². The Kier molecular flexibility index (Phi) is 2.59. The van der Waals surface area contributed by atoms with Crippen molar-refractivity contribution in [3.63, 3.8) is 0 Å². The molecule has 2 aliphatic rings. The maximum absolute atomic E-state index is 12.1. The Bertz CT molecular complexity index is 159. The predicted octanol–water partition coefficient (Wildman–Crippen LogP) is 1.97. The highest BCUT2D eigenvalue weighted by Crippen LogP contribution is 2.53. The Hall–Kier alpha value is 0.0400. The second-order valence-electron chi connectivity index (χ2n) is 3.35. The van der Waals surface area contributed by atoms with E-state index in [1.54, 1.807) is 0 Å². The van der Waals surface area contributed by atoms with Crippen molar-refractivity contribution in [1.29, 1.82) is 0 Å². The number of hydrogen-bond acceptors (Lipinski definition) is 1. The molecule has 12 heavy (non-hydrogen) atoms. The number of alkyl halides is 3. The van der Waals surface area contributed by atoms with Crippen LogP contribution in [0.25, 0.3) is 0 Å². The molecule has 0 spiro atoms. The van der Waals surface area contributed by atoms with Gasteiger partial charge in [-0.15, -0.1) is 12.4 Å². The summed E-state index contributed by atoms with van der Waals surface area (Å²) in [6, 6.07) is -0.247. The van der Waals surface area contributed by atoms with Crippen LogP contribution in [0, 0.1) is 11.8 Å². The van der Waals surface area contributed by atoms with Crippen LogP contribution in [0.5, 0.6) is 0 Å². The van der Waals surface area contributed by atoms with Gasteiger partial charge in [0.15, 0.2) is 0 Å². The predicted molar refractivity (Wildman–Crippen MR) is 41.3 cm³/mol. The molecule has 1 nitrogen and oxygen atoms in total. The molecule has 0 aromatic rings. The highest BCUT2D eigenvalue weighted by Gasteiger charge is 2.64. The van der Waals surface area contributed by atoms with Gasteiger partial charge < -0.3 is 5.32 Å². The average molecular weight is 202 g/mol. The first-order valence-electron chi connectivity index (χ1n) is 3.91. The molecule has 2 rings (SSSR count). The van der Waals surface area contributed by atoms with Crippen molar-refractivity contribution in [1.82, 2.24) is 5.32 Å². The SMILES string of the molecule is Cl.FC(F)(F)[C@@H]1[C@H]2CCCN[C@H]21. The standard InChI is InChI=1S/C7H10F3N.ClH/c8-7(9,10)5-4-2-1-3-11-6(4)5;/h4-6,11H,1-3H2;1H/t4-,5-,6-;/m1./s1. The fraction of sp³-hybridized carbons (Fsp3) is 1.00. The molecule has 1 aliphatic heterocycles. The minimum absolute atomic E-state index is 0. The molecule has 1 saturated carbocycles. The van der Waals surface area contributed by atoms with Crippen LogP contribution in [0.2, 0.25) is 0 Å². The van der Waals surface area contributed by atoms with Gasteiger partial charge in [0, 0.05) is 6.04 Å². The molecule has 5 heteroatoms. The van der Waals surface area contributed by atoms with Crippen LogP contribution in [0.3, 0.4) is 0 Å². The van der Waals surface area contributed by atoms with Gasteiger partial charge in [0.1, 0.15) is 0 Å². The first-order chi connectivity index (χ1) is 5.11. The summed E-state index contributed by atoms with van der Waals surface area (Å²) in [6.45, 7) is 0.758. The van der Waals surface area contributed by atoms with Crippen LogP contribution in [0.1, 0.15) is 12.8 Å². The molecule has 0 aromatic heterocycles. The van der Waals surface area contributed by atoms with Crippen LogP contribution in [-0.4, -0.2) is 18.8 Å². The fourth-order valence-corrected chi connectivity index (χ4v) is 2.06. The molecule has 3 atom stereocenters. The minimum Gasteiger partial charge on any atom is -0.313 e. The first-order valence-corrected chi connectivity index (χ1v) is 3.91. The monoisotopic (exact) mass is 201 g/mol. The van der Waals surface area contributed by atoms with Gasteiger partial charge in [-0.2, -0.15) is 13.2 Å². The smallest absolute Gasteiger partial charge is 0.313 e. The number of hydrogen-bond donors (Lipinski definition) is 1. The van der Waals surface area contributed by atoms with Crippen molar-refractivity contribution >= 4 is 12.4 Å². The number of halogens is 4. The molecule has 2 fully saturated rings. The molecular weight excluding hydrogens is 191 g/mol. The molecule has 0 bridgehead atoms. The normalized spacial score (nSPS) is 39.8. The van der Waals surface area contributed by atoms with E-state index in [2.05, 4.69) is 5.32 Å². The van der Waals surface area contributed by atoms with E-state index in [0.717, 1.165) is 19.4 Å². The molecule has 1 saturated heterocycles. The number of fused-ring (bicyclic) bond motifs is 1. The van der Waals surface area contributed by atoms with Crippen molar-refractivity contribution < 1.29 is 13.2 Å². The highest BCUT2D eigenvalue weighted by atomic mass is 35.5. The van der Waals surface area contributed by atoms with Crippen molar-refractivity contribution in [3.8, 4) is 0 Å². The zero-order chi connectivity index (χ0) is 8.06. The molecular formula is C7H11ClF3N. The van der Waals surface area contributed by atoms with Gasteiger partial charge in [-0.25, -0.2) is 0 Å². The van der Waals surface area contributed by atoms with Gasteiger partial charge in [-0.3, -0.25) is 0 Å². The third kappa shape index (κ3) is 1.55. The average Bonchev–Trinajstić information content (AvgIpc) is 2.58. The quantitative estimate of drug-likeness (QED) is 0.632.